The summed E-state index contributed by atoms with van der Waals surface area (Å²) >= 11 is 1.81. The second kappa shape index (κ2) is 7.02. The predicted octanol–water partition coefficient (Wildman–Crippen LogP) is 3.89. The standard InChI is InChI=1S/C17H24N2S/c1-4-19(12-16-6-5-7-20-16)17(11-18)15-9-13(2)8-14(3)10-15/h5-10,17H,4,11-12,18H2,1-3H3. The van der Waals surface area contributed by atoms with E-state index in [1.54, 1.807) is 0 Å². The summed E-state index contributed by atoms with van der Waals surface area (Å²) in [5, 5.41) is 2.14. The van der Waals surface area contributed by atoms with Crippen molar-refractivity contribution < 1.29 is 0 Å². The van der Waals surface area contributed by atoms with E-state index < -0.39 is 0 Å². The molecule has 0 aliphatic carbocycles. The van der Waals surface area contributed by atoms with Crippen LogP contribution in [0.15, 0.2) is 35.7 Å². The molecule has 0 radical (unpaired) electrons. The molecule has 0 fully saturated rings. The van der Waals surface area contributed by atoms with Gasteiger partial charge in [0.2, 0.25) is 0 Å². The van der Waals surface area contributed by atoms with E-state index in [1.807, 2.05) is 11.3 Å². The Hall–Kier alpha value is -1.16. The van der Waals surface area contributed by atoms with E-state index in [9.17, 15) is 0 Å². The van der Waals surface area contributed by atoms with Crippen LogP contribution in [-0.4, -0.2) is 18.0 Å². The van der Waals surface area contributed by atoms with Gasteiger partial charge in [-0.1, -0.05) is 42.3 Å². The second-order valence-corrected chi connectivity index (χ2v) is 6.35. The molecule has 0 saturated heterocycles. The van der Waals surface area contributed by atoms with E-state index in [1.165, 1.54) is 21.6 Å². The minimum Gasteiger partial charge on any atom is -0.329 e. The summed E-state index contributed by atoms with van der Waals surface area (Å²) in [6.45, 7) is 9.15. The van der Waals surface area contributed by atoms with Gasteiger partial charge in [0.25, 0.3) is 0 Å². The van der Waals surface area contributed by atoms with Crippen LogP contribution in [0.1, 0.15) is 34.5 Å². The van der Waals surface area contributed by atoms with Crippen molar-refractivity contribution in [3.63, 3.8) is 0 Å². The average molecular weight is 288 g/mol. The van der Waals surface area contributed by atoms with Gasteiger partial charge < -0.3 is 5.73 Å². The van der Waals surface area contributed by atoms with Gasteiger partial charge in [0.05, 0.1) is 0 Å². The summed E-state index contributed by atoms with van der Waals surface area (Å²) in [5.74, 6) is 0. The molecule has 1 aromatic carbocycles. The van der Waals surface area contributed by atoms with Gasteiger partial charge in [0, 0.05) is 24.0 Å². The molecule has 108 valence electrons. The smallest absolute Gasteiger partial charge is 0.0474 e. The Labute approximate surface area is 126 Å². The molecule has 0 amide bonds. The number of rotatable bonds is 6. The third kappa shape index (κ3) is 3.69. The second-order valence-electron chi connectivity index (χ2n) is 5.32. The quantitative estimate of drug-likeness (QED) is 0.874. The molecule has 1 heterocycles. The third-order valence-corrected chi connectivity index (χ3v) is 4.50. The Morgan fingerprint density at radius 1 is 1.20 bits per heavy atom. The molecule has 2 aromatic rings. The van der Waals surface area contributed by atoms with Gasteiger partial charge >= 0.3 is 0 Å². The monoisotopic (exact) mass is 288 g/mol. The van der Waals surface area contributed by atoms with E-state index in [2.05, 4.69) is 61.4 Å². The molecule has 2 N–H and O–H groups in total. The highest BCUT2D eigenvalue weighted by molar-refractivity contribution is 7.09. The van der Waals surface area contributed by atoms with Crippen LogP contribution >= 0.6 is 11.3 Å². The van der Waals surface area contributed by atoms with Crippen LogP contribution in [0.2, 0.25) is 0 Å². The first kappa shape index (κ1) is 15.2. The number of aryl methyl sites for hydroxylation is 2. The predicted molar refractivity (Wildman–Crippen MR) is 88.1 cm³/mol. The zero-order chi connectivity index (χ0) is 14.5. The summed E-state index contributed by atoms with van der Waals surface area (Å²) in [7, 11) is 0. The topological polar surface area (TPSA) is 29.3 Å². The normalized spacial score (nSPS) is 12.8. The van der Waals surface area contributed by atoms with Crippen LogP contribution in [-0.2, 0) is 6.54 Å². The van der Waals surface area contributed by atoms with Crippen LogP contribution in [0.4, 0.5) is 0 Å². The molecule has 0 saturated carbocycles. The number of nitrogens with zero attached hydrogens (tertiary/aromatic N) is 1. The van der Waals surface area contributed by atoms with Crippen LogP contribution < -0.4 is 5.73 Å². The molecule has 0 bridgehead atoms. The maximum absolute atomic E-state index is 6.07. The largest absolute Gasteiger partial charge is 0.329 e. The molecule has 0 aliphatic rings. The lowest BCUT2D eigenvalue weighted by Gasteiger charge is -2.30. The number of likely N-dealkylation sites (N-methyl/N-ethyl adjacent to an activating group) is 1. The van der Waals surface area contributed by atoms with Crippen molar-refractivity contribution in [3.8, 4) is 0 Å². The fourth-order valence-corrected chi connectivity index (χ4v) is 3.47. The number of nitrogens with two attached hydrogens (primary N) is 1. The summed E-state index contributed by atoms with van der Waals surface area (Å²) in [6, 6.07) is 11.3. The van der Waals surface area contributed by atoms with Crippen LogP contribution in [0.3, 0.4) is 0 Å². The summed E-state index contributed by atoms with van der Waals surface area (Å²) in [6.07, 6.45) is 0. The SMILES string of the molecule is CCN(Cc1cccs1)C(CN)c1cc(C)cc(C)c1. The molecule has 1 aromatic heterocycles. The molecule has 1 unspecified atom stereocenters. The Morgan fingerprint density at radius 3 is 2.40 bits per heavy atom. The van der Waals surface area contributed by atoms with Crippen molar-refractivity contribution in [1.29, 1.82) is 0 Å². The van der Waals surface area contributed by atoms with Crippen LogP contribution in [0.5, 0.6) is 0 Å². The first-order valence-electron chi connectivity index (χ1n) is 7.18. The third-order valence-electron chi connectivity index (χ3n) is 3.64. The van der Waals surface area contributed by atoms with Gasteiger partial charge in [0.1, 0.15) is 0 Å². The first-order valence-corrected chi connectivity index (χ1v) is 8.06. The average Bonchev–Trinajstić information content (AvgIpc) is 2.90. The van der Waals surface area contributed by atoms with Gasteiger partial charge in [-0.2, -0.15) is 0 Å². The lowest BCUT2D eigenvalue weighted by Crippen LogP contribution is -2.33. The maximum atomic E-state index is 6.07. The highest BCUT2D eigenvalue weighted by atomic mass is 32.1. The van der Waals surface area contributed by atoms with E-state index in [0.717, 1.165) is 13.1 Å². The van der Waals surface area contributed by atoms with Gasteiger partial charge in [-0.05, 0) is 37.4 Å². The molecular weight excluding hydrogens is 264 g/mol. The van der Waals surface area contributed by atoms with E-state index in [4.69, 9.17) is 5.73 Å². The van der Waals surface area contributed by atoms with Gasteiger partial charge in [-0.15, -0.1) is 11.3 Å². The first-order chi connectivity index (χ1) is 9.63. The molecule has 2 nitrogen and oxygen atoms in total. The van der Waals surface area contributed by atoms with Gasteiger partial charge in [-0.3, -0.25) is 4.90 Å². The van der Waals surface area contributed by atoms with E-state index in [-0.39, 0.29) is 0 Å². The highest BCUT2D eigenvalue weighted by Gasteiger charge is 2.18. The van der Waals surface area contributed by atoms with E-state index >= 15 is 0 Å². The van der Waals surface area contributed by atoms with Crippen molar-refractivity contribution >= 4 is 11.3 Å². The number of benzene rings is 1. The van der Waals surface area contributed by atoms with Gasteiger partial charge in [-0.25, -0.2) is 0 Å². The number of hydrogen-bond acceptors (Lipinski definition) is 3. The Balaban J connectivity index is 2.24. The number of thiophene rings is 1. The van der Waals surface area contributed by atoms with Crippen LogP contribution in [0.25, 0.3) is 0 Å². The maximum Gasteiger partial charge on any atom is 0.0474 e. The van der Waals surface area contributed by atoms with Crippen molar-refractivity contribution in [3.05, 3.63) is 57.3 Å². The molecule has 2 rings (SSSR count). The van der Waals surface area contributed by atoms with Crippen molar-refractivity contribution in [1.82, 2.24) is 4.90 Å². The molecule has 1 atom stereocenters. The fourth-order valence-electron chi connectivity index (χ4n) is 2.74. The fraction of sp³-hybridized carbons (Fsp3) is 0.412. The molecule has 20 heavy (non-hydrogen) atoms. The van der Waals surface area contributed by atoms with E-state index in [0.29, 0.717) is 12.6 Å². The highest BCUT2D eigenvalue weighted by Crippen LogP contribution is 2.25. The molecular formula is C17H24N2S. The lowest BCUT2D eigenvalue weighted by atomic mass is 10.00. The van der Waals surface area contributed by atoms with Crippen molar-refractivity contribution in [2.24, 2.45) is 5.73 Å². The lowest BCUT2D eigenvalue weighted by molar-refractivity contribution is 0.205. The summed E-state index contributed by atoms with van der Waals surface area (Å²) < 4.78 is 0. The van der Waals surface area contributed by atoms with Gasteiger partial charge in [0.15, 0.2) is 0 Å². The minimum absolute atomic E-state index is 0.292. The molecule has 3 heteroatoms. The molecule has 0 aliphatic heterocycles. The summed E-state index contributed by atoms with van der Waals surface area (Å²) in [5.41, 5.74) is 10.0. The number of hydrogen-bond donors (Lipinski definition) is 1. The summed E-state index contributed by atoms with van der Waals surface area (Å²) in [4.78, 5) is 3.86. The van der Waals surface area contributed by atoms with Crippen molar-refractivity contribution in [2.45, 2.75) is 33.4 Å². The zero-order valence-corrected chi connectivity index (χ0v) is 13.4. The Bertz CT molecular complexity index is 514. The Morgan fingerprint density at radius 2 is 1.90 bits per heavy atom. The molecule has 0 spiro atoms. The zero-order valence-electron chi connectivity index (χ0n) is 12.6. The minimum atomic E-state index is 0.292. The Kier molecular flexibility index (Phi) is 5.35. The van der Waals surface area contributed by atoms with Crippen LogP contribution in [0, 0.1) is 13.8 Å². The van der Waals surface area contributed by atoms with Crippen molar-refractivity contribution in [2.75, 3.05) is 13.1 Å².